The maximum atomic E-state index is 14.3. The fourth-order valence-electron chi connectivity index (χ4n) is 3.10. The molecule has 1 aromatic carbocycles. The molecule has 5 nitrogen and oxygen atoms in total. The van der Waals surface area contributed by atoms with Gasteiger partial charge < -0.3 is 15.8 Å². The third kappa shape index (κ3) is 4.94. The number of ether oxygens (including phenoxy) is 1. The van der Waals surface area contributed by atoms with Crippen LogP contribution in [0.3, 0.4) is 0 Å². The predicted octanol–water partition coefficient (Wildman–Crippen LogP) is 3.16. The normalized spacial score (nSPS) is 20.7. The van der Waals surface area contributed by atoms with Crippen LogP contribution < -0.4 is 11.1 Å². The average molecular weight is 336 g/mol. The standard InChI is InChI=1S/C18H25FN2O3/c1-18(2,3)24-17(23)21-13-8-7-11(10-13)9-12-5-4-6-14(15(12)19)16(20)22/h4-6,11,13H,7-10H2,1-3H3,(H2,20,22)(H,21,23)/t11?,13-/m1/s1. The Hall–Kier alpha value is -2.11. The molecule has 1 saturated carbocycles. The first kappa shape index (κ1) is 18.2. The number of carbonyl (C=O) groups excluding carboxylic acids is 2. The van der Waals surface area contributed by atoms with Gasteiger partial charge in [-0.3, -0.25) is 4.79 Å². The largest absolute Gasteiger partial charge is 0.444 e. The quantitative estimate of drug-likeness (QED) is 0.886. The lowest BCUT2D eigenvalue weighted by atomic mass is 9.96. The van der Waals surface area contributed by atoms with Crippen LogP contribution in [0.2, 0.25) is 0 Å². The van der Waals surface area contributed by atoms with Crippen molar-refractivity contribution in [1.29, 1.82) is 0 Å². The monoisotopic (exact) mass is 336 g/mol. The first-order chi connectivity index (χ1) is 11.2. The Balaban J connectivity index is 1.92. The predicted molar refractivity (Wildman–Crippen MR) is 89.1 cm³/mol. The molecule has 0 radical (unpaired) electrons. The van der Waals surface area contributed by atoms with Crippen molar-refractivity contribution >= 4 is 12.0 Å². The lowest BCUT2D eigenvalue weighted by Crippen LogP contribution is -2.38. The molecule has 3 N–H and O–H groups in total. The fraction of sp³-hybridized carbons (Fsp3) is 0.556. The number of benzene rings is 1. The summed E-state index contributed by atoms with van der Waals surface area (Å²) in [7, 11) is 0. The molecule has 24 heavy (non-hydrogen) atoms. The lowest BCUT2D eigenvalue weighted by molar-refractivity contribution is 0.0504. The zero-order chi connectivity index (χ0) is 17.9. The van der Waals surface area contributed by atoms with E-state index in [9.17, 15) is 14.0 Å². The molecule has 1 aromatic rings. The number of carbonyl (C=O) groups is 2. The smallest absolute Gasteiger partial charge is 0.407 e. The van der Waals surface area contributed by atoms with Gasteiger partial charge in [-0.05, 0) is 64.0 Å². The van der Waals surface area contributed by atoms with Crippen LogP contribution in [-0.4, -0.2) is 23.6 Å². The molecule has 0 saturated heterocycles. The second-order valence-electron chi connectivity index (χ2n) is 7.37. The second kappa shape index (κ2) is 7.20. The van der Waals surface area contributed by atoms with Crippen molar-refractivity contribution in [3.8, 4) is 0 Å². The fourth-order valence-corrected chi connectivity index (χ4v) is 3.10. The third-order valence-corrected chi connectivity index (χ3v) is 4.11. The van der Waals surface area contributed by atoms with Crippen molar-refractivity contribution < 1.29 is 18.7 Å². The summed E-state index contributed by atoms with van der Waals surface area (Å²) in [4.78, 5) is 23.0. The molecule has 1 unspecified atom stereocenters. The first-order valence-electron chi connectivity index (χ1n) is 8.22. The molecule has 1 aliphatic carbocycles. The first-order valence-corrected chi connectivity index (χ1v) is 8.22. The van der Waals surface area contributed by atoms with E-state index in [0.717, 1.165) is 19.3 Å². The number of primary amides is 1. The number of rotatable bonds is 4. The molecule has 0 bridgehead atoms. The van der Waals surface area contributed by atoms with Crippen LogP contribution in [0.15, 0.2) is 18.2 Å². The molecule has 0 spiro atoms. The van der Waals surface area contributed by atoms with Gasteiger partial charge >= 0.3 is 6.09 Å². The van der Waals surface area contributed by atoms with Crippen molar-refractivity contribution in [2.75, 3.05) is 0 Å². The van der Waals surface area contributed by atoms with Crippen LogP contribution in [0, 0.1) is 11.7 Å². The Morgan fingerprint density at radius 3 is 2.67 bits per heavy atom. The Morgan fingerprint density at radius 2 is 2.04 bits per heavy atom. The molecular formula is C18H25FN2O3. The number of nitrogens with one attached hydrogen (secondary N) is 1. The zero-order valence-electron chi connectivity index (χ0n) is 14.4. The summed E-state index contributed by atoms with van der Waals surface area (Å²) in [5, 5.41) is 2.87. The van der Waals surface area contributed by atoms with Gasteiger partial charge in [0, 0.05) is 6.04 Å². The van der Waals surface area contributed by atoms with Crippen molar-refractivity contribution in [3.05, 3.63) is 35.1 Å². The summed E-state index contributed by atoms with van der Waals surface area (Å²) in [6.45, 7) is 5.45. The molecule has 0 aromatic heterocycles. The van der Waals surface area contributed by atoms with Crippen LogP contribution in [0.4, 0.5) is 9.18 Å². The van der Waals surface area contributed by atoms with Crippen LogP contribution in [0.25, 0.3) is 0 Å². The highest BCUT2D eigenvalue weighted by Gasteiger charge is 2.28. The second-order valence-corrected chi connectivity index (χ2v) is 7.37. The van der Waals surface area contributed by atoms with E-state index in [0.29, 0.717) is 12.0 Å². The van der Waals surface area contributed by atoms with Crippen molar-refractivity contribution in [2.45, 2.75) is 58.1 Å². The Kier molecular flexibility index (Phi) is 5.47. The van der Waals surface area contributed by atoms with E-state index in [4.69, 9.17) is 10.5 Å². The highest BCUT2D eigenvalue weighted by Crippen LogP contribution is 2.30. The van der Waals surface area contributed by atoms with E-state index in [-0.39, 0.29) is 17.5 Å². The van der Waals surface area contributed by atoms with Gasteiger partial charge in [0.1, 0.15) is 11.4 Å². The van der Waals surface area contributed by atoms with Gasteiger partial charge in [-0.15, -0.1) is 0 Å². The van der Waals surface area contributed by atoms with Crippen LogP contribution in [-0.2, 0) is 11.2 Å². The minimum atomic E-state index is -0.759. The minimum absolute atomic E-state index is 0.0345. The number of amides is 2. The summed E-state index contributed by atoms with van der Waals surface area (Å²) in [5.74, 6) is -1.04. The topological polar surface area (TPSA) is 81.4 Å². The van der Waals surface area contributed by atoms with E-state index >= 15 is 0 Å². The Morgan fingerprint density at radius 1 is 1.33 bits per heavy atom. The van der Waals surface area contributed by atoms with Gasteiger partial charge in [-0.25, -0.2) is 9.18 Å². The average Bonchev–Trinajstić information content (AvgIpc) is 2.85. The molecule has 2 rings (SSSR count). The number of hydrogen-bond acceptors (Lipinski definition) is 3. The highest BCUT2D eigenvalue weighted by molar-refractivity contribution is 5.93. The number of nitrogens with two attached hydrogens (primary N) is 1. The molecule has 132 valence electrons. The van der Waals surface area contributed by atoms with E-state index in [1.54, 1.807) is 12.1 Å². The van der Waals surface area contributed by atoms with Gasteiger partial charge in [-0.1, -0.05) is 12.1 Å². The minimum Gasteiger partial charge on any atom is -0.444 e. The number of alkyl carbamates (subject to hydrolysis) is 1. The lowest BCUT2D eigenvalue weighted by Gasteiger charge is -2.21. The summed E-state index contributed by atoms with van der Waals surface area (Å²) in [6.07, 6.45) is 2.59. The van der Waals surface area contributed by atoms with Gasteiger partial charge in [0.15, 0.2) is 0 Å². The summed E-state index contributed by atoms with van der Waals surface area (Å²) >= 11 is 0. The van der Waals surface area contributed by atoms with Crippen molar-refractivity contribution in [3.63, 3.8) is 0 Å². The molecular weight excluding hydrogens is 311 g/mol. The van der Waals surface area contributed by atoms with Crippen molar-refractivity contribution in [2.24, 2.45) is 11.7 Å². The van der Waals surface area contributed by atoms with Gasteiger partial charge in [-0.2, -0.15) is 0 Å². The summed E-state index contributed by atoms with van der Waals surface area (Å²) < 4.78 is 19.5. The van der Waals surface area contributed by atoms with Crippen molar-refractivity contribution in [1.82, 2.24) is 5.32 Å². The molecule has 6 heteroatoms. The van der Waals surface area contributed by atoms with E-state index in [1.165, 1.54) is 6.07 Å². The summed E-state index contributed by atoms with van der Waals surface area (Å²) in [6, 6.07) is 4.75. The van der Waals surface area contributed by atoms with Crippen LogP contribution in [0.5, 0.6) is 0 Å². The zero-order valence-corrected chi connectivity index (χ0v) is 14.4. The molecule has 0 heterocycles. The maximum Gasteiger partial charge on any atom is 0.407 e. The van der Waals surface area contributed by atoms with Crippen LogP contribution in [0.1, 0.15) is 56.0 Å². The maximum absolute atomic E-state index is 14.3. The Labute approximate surface area is 141 Å². The van der Waals surface area contributed by atoms with Crippen LogP contribution >= 0.6 is 0 Å². The van der Waals surface area contributed by atoms with Gasteiger partial charge in [0.25, 0.3) is 5.91 Å². The van der Waals surface area contributed by atoms with Gasteiger partial charge in [0.2, 0.25) is 0 Å². The third-order valence-electron chi connectivity index (χ3n) is 4.11. The van der Waals surface area contributed by atoms with Gasteiger partial charge in [0.05, 0.1) is 5.56 Å². The van der Waals surface area contributed by atoms with E-state index < -0.39 is 23.4 Å². The molecule has 1 fully saturated rings. The number of halogens is 1. The number of hydrogen-bond donors (Lipinski definition) is 2. The van der Waals surface area contributed by atoms with E-state index in [2.05, 4.69) is 5.32 Å². The highest BCUT2D eigenvalue weighted by atomic mass is 19.1. The molecule has 0 aliphatic heterocycles. The SMILES string of the molecule is CC(C)(C)OC(=O)N[C@@H]1CCC(Cc2cccc(C(N)=O)c2F)C1. The van der Waals surface area contributed by atoms with E-state index in [1.807, 2.05) is 20.8 Å². The molecule has 2 amide bonds. The molecule has 2 atom stereocenters. The summed E-state index contributed by atoms with van der Waals surface area (Å²) in [5.41, 5.74) is 5.07. The molecule has 1 aliphatic rings. The Bertz CT molecular complexity index is 625.